The van der Waals surface area contributed by atoms with Crippen LogP contribution < -0.4 is 11.1 Å². The predicted octanol–water partition coefficient (Wildman–Crippen LogP) is 2.48. The van der Waals surface area contributed by atoms with Crippen LogP contribution in [0.25, 0.3) is 10.4 Å². The van der Waals surface area contributed by atoms with Crippen molar-refractivity contribution in [2.24, 2.45) is 0 Å². The van der Waals surface area contributed by atoms with Crippen molar-refractivity contribution >= 4 is 28.4 Å². The molecule has 0 spiro atoms. The van der Waals surface area contributed by atoms with E-state index in [1.807, 2.05) is 30.3 Å². The number of carbonyl (C=O) groups is 1. The van der Waals surface area contributed by atoms with Crippen molar-refractivity contribution in [1.82, 2.24) is 4.98 Å². The molecule has 5 nitrogen and oxygen atoms in total. The fraction of sp³-hybridized carbons (Fsp3) is 0. The third-order valence-corrected chi connectivity index (χ3v) is 2.84. The van der Waals surface area contributed by atoms with E-state index in [1.165, 1.54) is 11.3 Å². The Morgan fingerprint density at radius 1 is 1.38 bits per heavy atom. The molecule has 0 saturated carbocycles. The highest BCUT2D eigenvalue weighted by Gasteiger charge is 2.13. The summed E-state index contributed by atoms with van der Waals surface area (Å²) in [4.78, 5) is 15.2. The molecule has 0 fully saturated rings. The zero-order chi connectivity index (χ0) is 11.5. The number of thiazole rings is 1. The smallest absolute Gasteiger partial charge is 0.410 e. The number of nitrogens with zero attached hydrogens (tertiary/aromatic N) is 1. The van der Waals surface area contributed by atoms with Crippen molar-refractivity contribution in [3.05, 3.63) is 30.3 Å². The lowest BCUT2D eigenvalue weighted by Crippen LogP contribution is -2.08. The molecule has 6 heteroatoms. The fourth-order valence-corrected chi connectivity index (χ4v) is 2.10. The van der Waals surface area contributed by atoms with Gasteiger partial charge in [-0.15, -0.1) is 0 Å². The molecule has 0 radical (unpaired) electrons. The number of nitrogens with one attached hydrogen (secondary N) is 1. The maximum absolute atomic E-state index is 10.6. The van der Waals surface area contributed by atoms with Crippen LogP contribution in [-0.2, 0) is 0 Å². The number of benzene rings is 1. The molecular weight excluding hydrogens is 226 g/mol. The summed E-state index contributed by atoms with van der Waals surface area (Å²) in [6.07, 6.45) is -1.15. The van der Waals surface area contributed by atoms with Crippen molar-refractivity contribution in [2.45, 2.75) is 0 Å². The van der Waals surface area contributed by atoms with E-state index in [0.717, 1.165) is 10.4 Å². The van der Waals surface area contributed by atoms with Crippen LogP contribution >= 0.6 is 11.3 Å². The number of nitrogens with two attached hydrogens (primary N) is 1. The standard InChI is InChI=1S/C10H9N3O2S/c11-9-12-8(13-10(14)15)7(16-9)6-4-2-1-3-5-6/h1-5,13H,(H2,11,12)(H,14,15). The van der Waals surface area contributed by atoms with Crippen molar-refractivity contribution < 1.29 is 9.90 Å². The minimum absolute atomic E-state index is 0.279. The Morgan fingerprint density at radius 2 is 2.06 bits per heavy atom. The second-order valence-corrected chi connectivity index (χ2v) is 4.06. The molecule has 16 heavy (non-hydrogen) atoms. The summed E-state index contributed by atoms with van der Waals surface area (Å²) in [5, 5.41) is 11.2. The van der Waals surface area contributed by atoms with Gasteiger partial charge < -0.3 is 10.8 Å². The van der Waals surface area contributed by atoms with Gasteiger partial charge in [0.2, 0.25) is 0 Å². The lowest BCUT2D eigenvalue weighted by atomic mass is 10.2. The molecule has 1 aromatic carbocycles. The first-order valence-corrected chi connectivity index (χ1v) is 5.30. The molecule has 0 atom stereocenters. The molecule has 0 unspecified atom stereocenters. The molecule has 0 aliphatic carbocycles. The number of nitrogen functional groups attached to an aromatic ring is 1. The number of hydrogen-bond donors (Lipinski definition) is 3. The molecule has 1 heterocycles. The molecule has 0 aliphatic rings. The Labute approximate surface area is 95.6 Å². The normalized spacial score (nSPS) is 10.0. The van der Waals surface area contributed by atoms with E-state index in [0.29, 0.717) is 5.13 Å². The molecule has 0 saturated heterocycles. The van der Waals surface area contributed by atoms with E-state index < -0.39 is 6.09 Å². The molecule has 2 aromatic rings. The number of amides is 1. The number of hydrogen-bond acceptors (Lipinski definition) is 4. The van der Waals surface area contributed by atoms with Crippen molar-refractivity contribution in [3.63, 3.8) is 0 Å². The van der Waals surface area contributed by atoms with Gasteiger partial charge in [0.1, 0.15) is 0 Å². The maximum Gasteiger partial charge on any atom is 0.410 e. The van der Waals surface area contributed by atoms with E-state index in [4.69, 9.17) is 10.8 Å². The topological polar surface area (TPSA) is 88.2 Å². The predicted molar refractivity (Wildman–Crippen MR) is 63.6 cm³/mol. The first kappa shape index (κ1) is 10.4. The summed E-state index contributed by atoms with van der Waals surface area (Å²) in [7, 11) is 0. The number of anilines is 2. The lowest BCUT2D eigenvalue weighted by Gasteiger charge is -2.00. The highest BCUT2D eigenvalue weighted by molar-refractivity contribution is 7.19. The molecule has 1 amide bonds. The van der Waals surface area contributed by atoms with Crippen LogP contribution in [0.5, 0.6) is 0 Å². The van der Waals surface area contributed by atoms with Crippen LogP contribution in [-0.4, -0.2) is 16.2 Å². The first-order valence-electron chi connectivity index (χ1n) is 4.48. The third-order valence-electron chi connectivity index (χ3n) is 1.91. The molecular formula is C10H9N3O2S. The summed E-state index contributed by atoms with van der Waals surface area (Å²) in [6.45, 7) is 0. The van der Waals surface area contributed by atoms with Crippen LogP contribution in [0.1, 0.15) is 0 Å². The first-order chi connectivity index (χ1) is 7.66. The highest BCUT2D eigenvalue weighted by atomic mass is 32.1. The van der Waals surface area contributed by atoms with Crippen molar-refractivity contribution in [1.29, 1.82) is 0 Å². The average molecular weight is 235 g/mol. The zero-order valence-electron chi connectivity index (χ0n) is 8.18. The average Bonchev–Trinajstić information content (AvgIpc) is 2.60. The van der Waals surface area contributed by atoms with Gasteiger partial charge in [-0.25, -0.2) is 9.78 Å². The van der Waals surface area contributed by atoms with E-state index in [9.17, 15) is 4.79 Å². The molecule has 0 aliphatic heterocycles. The number of rotatable bonds is 2. The van der Waals surface area contributed by atoms with Crippen LogP contribution in [0, 0.1) is 0 Å². The monoisotopic (exact) mass is 235 g/mol. The second-order valence-electron chi connectivity index (χ2n) is 3.03. The second kappa shape index (κ2) is 4.19. The van der Waals surface area contributed by atoms with Gasteiger partial charge in [-0.1, -0.05) is 41.7 Å². The van der Waals surface area contributed by atoms with Gasteiger partial charge in [0.25, 0.3) is 0 Å². The Kier molecular flexibility index (Phi) is 2.74. The minimum Gasteiger partial charge on any atom is -0.465 e. The Hall–Kier alpha value is -2.08. The van der Waals surface area contributed by atoms with Gasteiger partial charge >= 0.3 is 6.09 Å². The van der Waals surface area contributed by atoms with Crippen molar-refractivity contribution in [3.8, 4) is 10.4 Å². The molecule has 0 bridgehead atoms. The number of carboxylic acid groups (broad SMARTS) is 1. The Balaban J connectivity index is 2.44. The molecule has 82 valence electrons. The van der Waals surface area contributed by atoms with E-state index in [-0.39, 0.29) is 5.82 Å². The summed E-state index contributed by atoms with van der Waals surface area (Å²) in [5.74, 6) is 0.279. The maximum atomic E-state index is 10.6. The van der Waals surface area contributed by atoms with Gasteiger partial charge in [-0.2, -0.15) is 0 Å². The minimum atomic E-state index is -1.15. The zero-order valence-corrected chi connectivity index (χ0v) is 8.99. The van der Waals surface area contributed by atoms with Crippen LogP contribution in [0.4, 0.5) is 15.7 Å². The van der Waals surface area contributed by atoms with Gasteiger partial charge in [0.05, 0.1) is 4.88 Å². The van der Waals surface area contributed by atoms with Crippen LogP contribution in [0.2, 0.25) is 0 Å². The largest absolute Gasteiger partial charge is 0.465 e. The van der Waals surface area contributed by atoms with Gasteiger partial charge in [-0.05, 0) is 5.56 Å². The van der Waals surface area contributed by atoms with E-state index in [1.54, 1.807) is 0 Å². The summed E-state index contributed by atoms with van der Waals surface area (Å²) in [6, 6.07) is 9.38. The van der Waals surface area contributed by atoms with Gasteiger partial charge in [0, 0.05) is 0 Å². The van der Waals surface area contributed by atoms with E-state index in [2.05, 4.69) is 10.3 Å². The Morgan fingerprint density at radius 3 is 2.69 bits per heavy atom. The van der Waals surface area contributed by atoms with Crippen LogP contribution in [0.15, 0.2) is 30.3 Å². The van der Waals surface area contributed by atoms with Gasteiger partial charge in [-0.3, -0.25) is 5.32 Å². The van der Waals surface area contributed by atoms with Gasteiger partial charge in [0.15, 0.2) is 10.9 Å². The number of aromatic nitrogens is 1. The van der Waals surface area contributed by atoms with Crippen molar-refractivity contribution in [2.75, 3.05) is 11.1 Å². The molecule has 2 rings (SSSR count). The van der Waals surface area contributed by atoms with Crippen LogP contribution in [0.3, 0.4) is 0 Å². The quantitative estimate of drug-likeness (QED) is 0.746. The fourth-order valence-electron chi connectivity index (χ4n) is 1.31. The molecule has 4 N–H and O–H groups in total. The Bertz CT molecular complexity index is 510. The summed E-state index contributed by atoms with van der Waals surface area (Å²) in [5.41, 5.74) is 6.46. The summed E-state index contributed by atoms with van der Waals surface area (Å²) < 4.78 is 0. The highest BCUT2D eigenvalue weighted by Crippen LogP contribution is 2.34. The van der Waals surface area contributed by atoms with E-state index >= 15 is 0 Å². The SMILES string of the molecule is Nc1nc(NC(=O)O)c(-c2ccccc2)s1. The lowest BCUT2D eigenvalue weighted by molar-refractivity contribution is 0.209. The summed E-state index contributed by atoms with van der Waals surface area (Å²) >= 11 is 1.25. The third kappa shape index (κ3) is 2.12. The molecule has 1 aromatic heterocycles.